The minimum atomic E-state index is -0.116. The summed E-state index contributed by atoms with van der Waals surface area (Å²) in [5, 5.41) is 2.94. The molecule has 0 saturated carbocycles. The Bertz CT molecular complexity index is 878. The number of nitrogens with zero attached hydrogens (tertiary/aromatic N) is 3. The average Bonchev–Trinajstić information content (AvgIpc) is 2.71. The monoisotopic (exact) mass is 360 g/mol. The van der Waals surface area contributed by atoms with Crippen LogP contribution in [0.3, 0.4) is 0 Å². The van der Waals surface area contributed by atoms with Gasteiger partial charge in [0.2, 0.25) is 0 Å². The van der Waals surface area contributed by atoms with Crippen molar-refractivity contribution in [2.45, 2.75) is 19.9 Å². The van der Waals surface area contributed by atoms with Crippen LogP contribution in [0.4, 0.5) is 5.82 Å². The smallest absolute Gasteiger partial charge is 0.253 e. The maximum Gasteiger partial charge on any atom is 0.253 e. The first kappa shape index (κ1) is 18.6. The number of hydrogen-bond donors (Lipinski definition) is 1. The van der Waals surface area contributed by atoms with Crippen LogP contribution in [0.15, 0.2) is 67.1 Å². The highest BCUT2D eigenvalue weighted by molar-refractivity contribution is 5.94. The lowest BCUT2D eigenvalue weighted by Gasteiger charge is -2.18. The lowest BCUT2D eigenvalue weighted by Crippen LogP contribution is -2.24. The van der Waals surface area contributed by atoms with E-state index >= 15 is 0 Å². The molecule has 0 atom stereocenters. The normalized spacial score (nSPS) is 10.4. The molecule has 2 aromatic heterocycles. The highest BCUT2D eigenvalue weighted by atomic mass is 16.1. The third-order valence-corrected chi connectivity index (χ3v) is 4.42. The van der Waals surface area contributed by atoms with E-state index in [2.05, 4.69) is 26.3 Å². The molecule has 0 bridgehead atoms. The first-order chi connectivity index (χ1) is 13.1. The van der Waals surface area contributed by atoms with Crippen molar-refractivity contribution in [3.63, 3.8) is 0 Å². The Morgan fingerprint density at radius 1 is 1.07 bits per heavy atom. The van der Waals surface area contributed by atoms with Crippen molar-refractivity contribution in [3.05, 3.63) is 89.4 Å². The van der Waals surface area contributed by atoms with Gasteiger partial charge in [0.25, 0.3) is 5.91 Å². The Labute approximate surface area is 160 Å². The van der Waals surface area contributed by atoms with Crippen LogP contribution in [0.1, 0.15) is 27.0 Å². The summed E-state index contributed by atoms with van der Waals surface area (Å²) in [6.45, 7) is 3.39. The number of carbonyl (C=O) groups is 1. The molecule has 1 aromatic carbocycles. The zero-order valence-corrected chi connectivity index (χ0v) is 15.7. The first-order valence-electron chi connectivity index (χ1n) is 9.01. The van der Waals surface area contributed by atoms with Crippen molar-refractivity contribution in [1.82, 2.24) is 15.3 Å². The van der Waals surface area contributed by atoms with Crippen molar-refractivity contribution < 1.29 is 4.79 Å². The van der Waals surface area contributed by atoms with Gasteiger partial charge in [-0.2, -0.15) is 0 Å². The quantitative estimate of drug-likeness (QED) is 0.702. The second-order valence-corrected chi connectivity index (χ2v) is 6.60. The first-order valence-corrected chi connectivity index (χ1v) is 9.01. The minimum Gasteiger partial charge on any atom is -0.359 e. The molecule has 1 amide bonds. The molecule has 0 saturated heterocycles. The maximum absolute atomic E-state index is 12.3. The minimum absolute atomic E-state index is 0.116. The summed E-state index contributed by atoms with van der Waals surface area (Å²) in [6, 6.07) is 15.8. The van der Waals surface area contributed by atoms with Crippen molar-refractivity contribution in [2.24, 2.45) is 0 Å². The van der Waals surface area contributed by atoms with Crippen molar-refractivity contribution >= 4 is 11.7 Å². The summed E-state index contributed by atoms with van der Waals surface area (Å²) in [6.07, 6.45) is 6.15. The number of benzene rings is 1. The van der Waals surface area contributed by atoms with Gasteiger partial charge in [-0.15, -0.1) is 0 Å². The van der Waals surface area contributed by atoms with Gasteiger partial charge < -0.3 is 10.2 Å². The summed E-state index contributed by atoms with van der Waals surface area (Å²) in [5.74, 6) is 0.731. The predicted octanol–water partition coefficient (Wildman–Crippen LogP) is 3.39. The lowest BCUT2D eigenvalue weighted by atomic mass is 10.1. The van der Waals surface area contributed by atoms with E-state index in [0.29, 0.717) is 12.1 Å². The van der Waals surface area contributed by atoms with Gasteiger partial charge in [-0.3, -0.25) is 9.78 Å². The molecule has 5 heteroatoms. The molecule has 0 spiro atoms. The van der Waals surface area contributed by atoms with Crippen molar-refractivity contribution in [1.29, 1.82) is 0 Å². The van der Waals surface area contributed by atoms with Crippen LogP contribution in [0, 0.1) is 6.92 Å². The topological polar surface area (TPSA) is 58.1 Å². The Kier molecular flexibility index (Phi) is 6.15. The third kappa shape index (κ3) is 5.38. The Morgan fingerprint density at radius 2 is 1.89 bits per heavy atom. The number of hydrogen-bond acceptors (Lipinski definition) is 4. The van der Waals surface area contributed by atoms with Gasteiger partial charge in [-0.05, 0) is 48.7 Å². The van der Waals surface area contributed by atoms with Crippen LogP contribution in [0.2, 0.25) is 0 Å². The molecule has 1 N–H and O–H groups in total. The van der Waals surface area contributed by atoms with E-state index in [1.807, 2.05) is 56.4 Å². The molecule has 0 fully saturated rings. The molecule has 138 valence electrons. The number of anilines is 1. The Balaban J connectivity index is 1.53. The number of aryl methyl sites for hydroxylation is 1. The zero-order valence-electron chi connectivity index (χ0n) is 15.7. The molecule has 3 rings (SSSR count). The van der Waals surface area contributed by atoms with Crippen LogP contribution in [-0.4, -0.2) is 29.5 Å². The van der Waals surface area contributed by atoms with Gasteiger partial charge >= 0.3 is 0 Å². The third-order valence-electron chi connectivity index (χ3n) is 4.42. The summed E-state index contributed by atoms with van der Waals surface area (Å²) in [7, 11) is 2.00. The van der Waals surface area contributed by atoms with E-state index in [4.69, 9.17) is 0 Å². The maximum atomic E-state index is 12.3. The fraction of sp³-hybridized carbons (Fsp3) is 0.227. The predicted molar refractivity (Wildman–Crippen MR) is 108 cm³/mol. The fourth-order valence-electron chi connectivity index (χ4n) is 2.81. The summed E-state index contributed by atoms with van der Waals surface area (Å²) in [4.78, 5) is 22.9. The number of rotatable bonds is 7. The lowest BCUT2D eigenvalue weighted by molar-refractivity contribution is 0.0950. The summed E-state index contributed by atoms with van der Waals surface area (Å²) in [5.41, 5.74) is 4.07. The van der Waals surface area contributed by atoms with Gasteiger partial charge in [-0.1, -0.05) is 29.8 Å². The fourth-order valence-corrected chi connectivity index (χ4v) is 2.81. The van der Waals surface area contributed by atoms with Gasteiger partial charge in [0.05, 0.1) is 5.56 Å². The molecule has 2 heterocycles. The molecule has 0 aliphatic rings. The van der Waals surface area contributed by atoms with Crippen LogP contribution in [-0.2, 0) is 13.0 Å². The second-order valence-electron chi connectivity index (χ2n) is 6.60. The number of pyridine rings is 2. The highest BCUT2D eigenvalue weighted by Gasteiger charge is 2.08. The van der Waals surface area contributed by atoms with E-state index in [-0.39, 0.29) is 5.91 Å². The van der Waals surface area contributed by atoms with E-state index in [1.165, 1.54) is 11.1 Å². The molecule has 0 unspecified atom stereocenters. The van der Waals surface area contributed by atoms with E-state index < -0.39 is 0 Å². The van der Waals surface area contributed by atoms with Gasteiger partial charge in [0, 0.05) is 38.7 Å². The number of likely N-dealkylation sites (N-methyl/N-ethyl adjacent to an activating group) is 1. The summed E-state index contributed by atoms with van der Waals surface area (Å²) < 4.78 is 0. The van der Waals surface area contributed by atoms with E-state index in [0.717, 1.165) is 24.3 Å². The molecule has 5 nitrogen and oxygen atoms in total. The number of aromatic nitrogens is 2. The summed E-state index contributed by atoms with van der Waals surface area (Å²) >= 11 is 0. The molecule has 3 aromatic rings. The molecular formula is C22H24N4O. The molecule has 27 heavy (non-hydrogen) atoms. The molecule has 0 aliphatic carbocycles. The van der Waals surface area contributed by atoms with Gasteiger partial charge in [0.15, 0.2) is 0 Å². The molecule has 0 aliphatic heterocycles. The van der Waals surface area contributed by atoms with Crippen LogP contribution < -0.4 is 10.2 Å². The Hall–Kier alpha value is -3.21. The van der Waals surface area contributed by atoms with Gasteiger partial charge in [0.1, 0.15) is 5.82 Å². The van der Waals surface area contributed by atoms with Crippen LogP contribution in [0.25, 0.3) is 0 Å². The second kappa shape index (κ2) is 8.94. The average molecular weight is 360 g/mol. The zero-order chi connectivity index (χ0) is 19.1. The number of amides is 1. The SMILES string of the molecule is Cc1cccc(CNC(=O)c2ccc(N(C)CCc3ccncc3)nc2)c1. The van der Waals surface area contributed by atoms with E-state index in [9.17, 15) is 4.79 Å². The number of carbonyl (C=O) groups excluding carboxylic acids is 1. The standard InChI is InChI=1S/C22H24N4O/c1-17-4-3-5-19(14-17)15-25-22(27)20-6-7-21(24-16-20)26(2)13-10-18-8-11-23-12-9-18/h3-9,11-12,14,16H,10,13,15H2,1-2H3,(H,25,27). The molecule has 0 radical (unpaired) electrons. The highest BCUT2D eigenvalue weighted by Crippen LogP contribution is 2.11. The Morgan fingerprint density at radius 3 is 2.59 bits per heavy atom. The molecular weight excluding hydrogens is 336 g/mol. The van der Waals surface area contributed by atoms with E-state index in [1.54, 1.807) is 18.6 Å². The van der Waals surface area contributed by atoms with Crippen molar-refractivity contribution in [3.8, 4) is 0 Å². The van der Waals surface area contributed by atoms with Gasteiger partial charge in [-0.25, -0.2) is 4.98 Å². The number of nitrogens with one attached hydrogen (secondary N) is 1. The largest absolute Gasteiger partial charge is 0.359 e. The van der Waals surface area contributed by atoms with Crippen LogP contribution >= 0.6 is 0 Å². The van der Waals surface area contributed by atoms with Crippen molar-refractivity contribution in [2.75, 3.05) is 18.5 Å². The van der Waals surface area contributed by atoms with Crippen LogP contribution in [0.5, 0.6) is 0 Å².